The van der Waals surface area contributed by atoms with Crippen molar-refractivity contribution in [2.24, 2.45) is 0 Å². The summed E-state index contributed by atoms with van der Waals surface area (Å²) in [7, 11) is 1.58. The number of carbonyl (C=O) groups excluding carboxylic acids is 2. The molecule has 0 saturated heterocycles. The number of nitrogens with one attached hydrogen (secondary N) is 3. The number of anilines is 3. The zero-order valence-corrected chi connectivity index (χ0v) is 17.4. The molecule has 3 aromatic carbocycles. The van der Waals surface area contributed by atoms with Gasteiger partial charge in [-0.2, -0.15) is 5.26 Å². The van der Waals surface area contributed by atoms with Crippen LogP contribution >= 0.6 is 11.6 Å². The van der Waals surface area contributed by atoms with Crippen LogP contribution in [0.4, 0.5) is 17.1 Å². The molecule has 0 spiro atoms. The van der Waals surface area contributed by atoms with Crippen molar-refractivity contribution in [2.45, 2.75) is 0 Å². The number of halogens is 1. The number of amides is 2. The highest BCUT2D eigenvalue weighted by Gasteiger charge is 2.08. The largest absolute Gasteiger partial charge is 0.497 e. The number of rotatable bonds is 7. The lowest BCUT2D eigenvalue weighted by molar-refractivity contribution is -0.114. The molecule has 2 amide bonds. The van der Waals surface area contributed by atoms with E-state index in [1.54, 1.807) is 67.8 Å². The topological polar surface area (TPSA) is 103 Å². The number of methoxy groups -OCH3 is 1. The third kappa shape index (κ3) is 5.98. The Kier molecular flexibility index (Phi) is 7.09. The molecular weight excluding hydrogens is 416 g/mol. The third-order valence-electron chi connectivity index (χ3n) is 4.32. The van der Waals surface area contributed by atoms with Crippen molar-refractivity contribution < 1.29 is 14.3 Å². The van der Waals surface area contributed by atoms with E-state index in [0.29, 0.717) is 33.9 Å². The van der Waals surface area contributed by atoms with Crippen molar-refractivity contribution >= 4 is 40.5 Å². The van der Waals surface area contributed by atoms with E-state index in [4.69, 9.17) is 21.6 Å². The number of hydrogen-bond acceptors (Lipinski definition) is 5. The Morgan fingerprint density at radius 2 is 1.58 bits per heavy atom. The molecular formula is C23H19ClN4O3. The molecule has 3 aromatic rings. The minimum Gasteiger partial charge on any atom is -0.497 e. The smallest absolute Gasteiger partial charge is 0.255 e. The average molecular weight is 435 g/mol. The highest BCUT2D eigenvalue weighted by molar-refractivity contribution is 6.32. The highest BCUT2D eigenvalue weighted by Crippen LogP contribution is 2.20. The van der Waals surface area contributed by atoms with E-state index in [-0.39, 0.29) is 23.4 Å². The minimum absolute atomic E-state index is 0.0228. The minimum atomic E-state index is -0.276. The summed E-state index contributed by atoms with van der Waals surface area (Å²) < 4.78 is 5.09. The van der Waals surface area contributed by atoms with Crippen LogP contribution in [0.1, 0.15) is 15.9 Å². The van der Waals surface area contributed by atoms with E-state index >= 15 is 0 Å². The Morgan fingerprint density at radius 3 is 2.19 bits per heavy atom. The Hall–Kier alpha value is -4.02. The molecule has 3 N–H and O–H groups in total. The Morgan fingerprint density at radius 1 is 0.935 bits per heavy atom. The third-order valence-corrected chi connectivity index (χ3v) is 4.63. The summed E-state index contributed by atoms with van der Waals surface area (Å²) >= 11 is 5.96. The number of carbonyl (C=O) groups is 2. The molecule has 0 saturated carbocycles. The van der Waals surface area contributed by atoms with Gasteiger partial charge in [0.05, 0.1) is 24.2 Å². The Labute approximate surface area is 184 Å². The second-order valence-corrected chi connectivity index (χ2v) is 6.88. The molecule has 156 valence electrons. The molecule has 0 bridgehead atoms. The second-order valence-electron chi connectivity index (χ2n) is 6.47. The van der Waals surface area contributed by atoms with Crippen molar-refractivity contribution in [3.05, 3.63) is 82.9 Å². The van der Waals surface area contributed by atoms with Crippen LogP contribution in [0, 0.1) is 11.3 Å². The van der Waals surface area contributed by atoms with Crippen LogP contribution in [-0.4, -0.2) is 25.5 Å². The number of nitriles is 1. The van der Waals surface area contributed by atoms with Crippen LogP contribution < -0.4 is 20.7 Å². The first-order valence-electron chi connectivity index (χ1n) is 9.27. The Bertz CT molecular complexity index is 1120. The SMILES string of the molecule is COc1ccc(NC(=O)c2ccc(NCC(=O)Nc3ccc(C#N)c(Cl)c3)cc2)cc1. The van der Waals surface area contributed by atoms with Crippen molar-refractivity contribution in [1.82, 2.24) is 0 Å². The highest BCUT2D eigenvalue weighted by atomic mass is 35.5. The zero-order chi connectivity index (χ0) is 22.2. The molecule has 0 aliphatic rings. The van der Waals surface area contributed by atoms with E-state index in [1.165, 1.54) is 6.07 Å². The maximum Gasteiger partial charge on any atom is 0.255 e. The fourth-order valence-corrected chi connectivity index (χ4v) is 2.91. The maximum atomic E-state index is 12.4. The maximum absolute atomic E-state index is 12.4. The average Bonchev–Trinajstić information content (AvgIpc) is 2.78. The summed E-state index contributed by atoms with van der Waals surface area (Å²) in [4.78, 5) is 24.5. The lowest BCUT2D eigenvalue weighted by Gasteiger charge is -2.10. The molecule has 8 heteroatoms. The van der Waals surface area contributed by atoms with Gasteiger partial charge in [-0.25, -0.2) is 0 Å². The summed E-state index contributed by atoms with van der Waals surface area (Å²) in [5.41, 5.74) is 2.68. The molecule has 0 unspecified atom stereocenters. The van der Waals surface area contributed by atoms with Gasteiger partial charge in [0.2, 0.25) is 5.91 Å². The van der Waals surface area contributed by atoms with Gasteiger partial charge in [-0.1, -0.05) is 11.6 Å². The summed E-state index contributed by atoms with van der Waals surface area (Å²) in [6.07, 6.45) is 0. The molecule has 0 fully saturated rings. The van der Waals surface area contributed by atoms with Crippen LogP contribution in [0.5, 0.6) is 5.75 Å². The van der Waals surface area contributed by atoms with Crippen molar-refractivity contribution in [3.63, 3.8) is 0 Å². The molecule has 0 aromatic heterocycles. The standard InChI is InChI=1S/C23H19ClN4O3/c1-31-20-10-8-18(9-11-20)28-23(30)15-2-5-17(6-3-15)26-14-22(29)27-19-7-4-16(13-25)21(24)12-19/h2-12,26H,14H2,1H3,(H,27,29)(H,28,30). The van der Waals surface area contributed by atoms with E-state index in [1.807, 2.05) is 6.07 Å². The van der Waals surface area contributed by atoms with E-state index < -0.39 is 0 Å². The molecule has 31 heavy (non-hydrogen) atoms. The first-order chi connectivity index (χ1) is 15.0. The van der Waals surface area contributed by atoms with Crippen LogP contribution in [0.15, 0.2) is 66.7 Å². The van der Waals surface area contributed by atoms with Crippen LogP contribution in [0.3, 0.4) is 0 Å². The summed E-state index contributed by atoms with van der Waals surface area (Å²) in [6, 6.07) is 20.4. The number of nitrogens with zero attached hydrogens (tertiary/aromatic N) is 1. The van der Waals surface area contributed by atoms with Gasteiger partial charge in [0.25, 0.3) is 5.91 Å². The molecule has 0 aliphatic carbocycles. The van der Waals surface area contributed by atoms with Crippen molar-refractivity contribution in [3.8, 4) is 11.8 Å². The summed E-state index contributed by atoms with van der Waals surface area (Å²) in [5, 5.41) is 17.7. The fourth-order valence-electron chi connectivity index (χ4n) is 2.69. The molecule has 3 rings (SSSR count). The predicted molar refractivity (Wildman–Crippen MR) is 121 cm³/mol. The lowest BCUT2D eigenvalue weighted by Crippen LogP contribution is -2.21. The molecule has 0 aliphatic heterocycles. The molecule has 0 heterocycles. The van der Waals surface area contributed by atoms with Gasteiger partial charge >= 0.3 is 0 Å². The first-order valence-corrected chi connectivity index (χ1v) is 9.65. The van der Waals surface area contributed by atoms with Gasteiger partial charge in [0.15, 0.2) is 0 Å². The zero-order valence-electron chi connectivity index (χ0n) is 16.6. The summed E-state index contributed by atoms with van der Waals surface area (Å²) in [6.45, 7) is 0.0228. The van der Waals surface area contributed by atoms with Gasteiger partial charge in [-0.3, -0.25) is 9.59 Å². The van der Waals surface area contributed by atoms with E-state index in [2.05, 4.69) is 16.0 Å². The number of hydrogen-bond donors (Lipinski definition) is 3. The van der Waals surface area contributed by atoms with Crippen molar-refractivity contribution in [2.75, 3.05) is 29.6 Å². The second kappa shape index (κ2) is 10.1. The summed E-state index contributed by atoms with van der Waals surface area (Å²) in [5.74, 6) is 0.189. The van der Waals surface area contributed by atoms with E-state index in [0.717, 1.165) is 0 Å². The number of benzene rings is 3. The van der Waals surface area contributed by atoms with Gasteiger partial charge < -0.3 is 20.7 Å². The Balaban J connectivity index is 1.51. The first kappa shape index (κ1) is 21.7. The van der Waals surface area contributed by atoms with Crippen LogP contribution in [0.25, 0.3) is 0 Å². The van der Waals surface area contributed by atoms with Gasteiger partial charge in [-0.15, -0.1) is 0 Å². The molecule has 7 nitrogen and oxygen atoms in total. The monoisotopic (exact) mass is 434 g/mol. The quantitative estimate of drug-likeness (QED) is 0.507. The van der Waals surface area contributed by atoms with E-state index in [9.17, 15) is 9.59 Å². The van der Waals surface area contributed by atoms with Gasteiger partial charge in [0.1, 0.15) is 11.8 Å². The predicted octanol–water partition coefficient (Wildman–Crippen LogP) is 4.52. The van der Waals surface area contributed by atoms with Crippen LogP contribution in [-0.2, 0) is 4.79 Å². The number of ether oxygens (including phenoxy) is 1. The molecule has 0 radical (unpaired) electrons. The lowest BCUT2D eigenvalue weighted by atomic mass is 10.2. The van der Waals surface area contributed by atoms with Gasteiger partial charge in [-0.05, 0) is 66.7 Å². The van der Waals surface area contributed by atoms with Crippen LogP contribution in [0.2, 0.25) is 5.02 Å². The molecule has 0 atom stereocenters. The fraction of sp³-hybridized carbons (Fsp3) is 0.0870. The van der Waals surface area contributed by atoms with Crippen molar-refractivity contribution in [1.29, 1.82) is 5.26 Å². The normalized spacial score (nSPS) is 9.97. The van der Waals surface area contributed by atoms with Gasteiger partial charge in [0, 0.05) is 22.6 Å².